The minimum atomic E-state index is -0.0303. The molecule has 4 aliphatic carbocycles. The van der Waals surface area contributed by atoms with E-state index in [0.29, 0.717) is 36.0 Å². The summed E-state index contributed by atoms with van der Waals surface area (Å²) < 4.78 is 1.88. The van der Waals surface area contributed by atoms with E-state index in [1.165, 1.54) is 32.1 Å². The molecule has 164 valence electrons. The highest BCUT2D eigenvalue weighted by Gasteiger charge is 2.77. The number of nitrogens with one attached hydrogen (secondary N) is 3. The summed E-state index contributed by atoms with van der Waals surface area (Å²) in [7, 11) is 1.75. The number of carbonyl (C=O) groups excluding carboxylic acids is 2. The Morgan fingerprint density at radius 2 is 1.97 bits per heavy atom. The van der Waals surface area contributed by atoms with E-state index >= 15 is 0 Å². The van der Waals surface area contributed by atoms with E-state index in [0.717, 1.165) is 35.6 Å². The summed E-state index contributed by atoms with van der Waals surface area (Å²) in [6.07, 6.45) is 9.42. The summed E-state index contributed by atoms with van der Waals surface area (Å²) in [6.45, 7) is 1.64. The SMILES string of the molecule is CNCC(=O)NCCc1cn2c(C(=O)NCC34CC5CC6CC(C3)C65C4)cccc2n1. The van der Waals surface area contributed by atoms with E-state index < -0.39 is 0 Å². The van der Waals surface area contributed by atoms with E-state index in [9.17, 15) is 9.59 Å². The Morgan fingerprint density at radius 3 is 2.68 bits per heavy atom. The molecule has 7 heteroatoms. The predicted octanol–water partition coefficient (Wildman–Crippen LogP) is 1.77. The second kappa shape index (κ2) is 6.79. The van der Waals surface area contributed by atoms with Gasteiger partial charge >= 0.3 is 0 Å². The molecule has 0 radical (unpaired) electrons. The molecule has 0 aromatic carbocycles. The van der Waals surface area contributed by atoms with Gasteiger partial charge in [-0.25, -0.2) is 4.98 Å². The van der Waals surface area contributed by atoms with Crippen LogP contribution in [0.25, 0.3) is 5.65 Å². The van der Waals surface area contributed by atoms with Crippen LogP contribution in [0.1, 0.15) is 48.3 Å². The number of nitrogens with zero attached hydrogens (tertiary/aromatic N) is 2. The maximum absolute atomic E-state index is 13.1. The molecule has 6 rings (SSSR count). The third kappa shape index (κ3) is 2.78. The highest BCUT2D eigenvalue weighted by molar-refractivity contribution is 5.93. The van der Waals surface area contributed by atoms with Crippen molar-refractivity contribution in [3.8, 4) is 0 Å². The van der Waals surface area contributed by atoms with Crippen molar-refractivity contribution in [2.75, 3.05) is 26.7 Å². The molecule has 4 aliphatic rings. The predicted molar refractivity (Wildman–Crippen MR) is 117 cm³/mol. The molecule has 2 amide bonds. The van der Waals surface area contributed by atoms with Gasteiger partial charge in [-0.15, -0.1) is 0 Å². The van der Waals surface area contributed by atoms with Crippen LogP contribution in [0.3, 0.4) is 0 Å². The van der Waals surface area contributed by atoms with Gasteiger partial charge in [-0.2, -0.15) is 0 Å². The molecule has 1 spiro atoms. The number of aromatic nitrogens is 2. The topological polar surface area (TPSA) is 87.5 Å². The minimum Gasteiger partial charge on any atom is -0.355 e. The van der Waals surface area contributed by atoms with Gasteiger partial charge in [0.1, 0.15) is 11.3 Å². The normalized spacial score (nSPS) is 34.2. The molecule has 31 heavy (non-hydrogen) atoms. The number of hydrogen-bond acceptors (Lipinski definition) is 4. The van der Waals surface area contributed by atoms with Gasteiger partial charge < -0.3 is 16.0 Å². The quantitative estimate of drug-likeness (QED) is 0.606. The van der Waals surface area contributed by atoms with Gasteiger partial charge in [-0.3, -0.25) is 14.0 Å². The summed E-state index contributed by atoms with van der Waals surface area (Å²) in [5, 5.41) is 8.99. The maximum Gasteiger partial charge on any atom is 0.268 e. The zero-order chi connectivity index (χ0) is 21.2. The molecule has 0 saturated heterocycles. The fraction of sp³-hybridized carbons (Fsp3) is 0.625. The molecule has 4 saturated carbocycles. The number of imidazole rings is 1. The number of likely N-dealkylation sites (N-methyl/N-ethyl adjacent to an activating group) is 1. The molecule has 2 heterocycles. The van der Waals surface area contributed by atoms with Gasteiger partial charge in [0.2, 0.25) is 5.91 Å². The Labute approximate surface area is 182 Å². The lowest BCUT2D eigenvalue weighted by Gasteiger charge is -2.66. The van der Waals surface area contributed by atoms with Crippen LogP contribution in [0.5, 0.6) is 0 Å². The molecular formula is C24H31N5O2. The third-order valence-electron chi connectivity index (χ3n) is 8.90. The fourth-order valence-electron chi connectivity index (χ4n) is 7.73. The van der Waals surface area contributed by atoms with Crippen molar-refractivity contribution in [3.63, 3.8) is 0 Å². The summed E-state index contributed by atoms with van der Waals surface area (Å²) in [6, 6.07) is 5.68. The first-order chi connectivity index (χ1) is 15.0. The van der Waals surface area contributed by atoms with E-state index in [1.807, 2.05) is 28.8 Å². The Morgan fingerprint density at radius 1 is 1.16 bits per heavy atom. The summed E-state index contributed by atoms with van der Waals surface area (Å²) in [5.41, 5.74) is 3.29. The standard InChI is InChI=1S/C24H31N5O2/c1-25-11-21(30)26-6-5-18-12-29-19(3-2-4-20(29)28-18)22(31)27-14-23-9-16-7-15-8-17(10-23)24(15,16)13-23/h2-4,12,15-17,25H,5-11,13-14H2,1H3,(H,26,30)(H,27,31). The molecule has 2 aromatic rings. The van der Waals surface area contributed by atoms with E-state index in [2.05, 4.69) is 20.9 Å². The Balaban J connectivity index is 1.12. The van der Waals surface area contributed by atoms with Crippen LogP contribution in [0.4, 0.5) is 0 Å². The lowest BCUT2D eigenvalue weighted by Crippen LogP contribution is -2.59. The zero-order valence-corrected chi connectivity index (χ0v) is 18.1. The first kappa shape index (κ1) is 19.3. The second-order valence-electron chi connectivity index (χ2n) is 10.4. The van der Waals surface area contributed by atoms with Crippen molar-refractivity contribution in [2.45, 2.75) is 38.5 Å². The fourth-order valence-corrected chi connectivity index (χ4v) is 7.73. The summed E-state index contributed by atoms with van der Waals surface area (Å²) in [4.78, 5) is 29.3. The largest absolute Gasteiger partial charge is 0.355 e. The van der Waals surface area contributed by atoms with Crippen molar-refractivity contribution < 1.29 is 9.59 Å². The van der Waals surface area contributed by atoms with Gasteiger partial charge in [0.25, 0.3) is 5.91 Å². The first-order valence-corrected chi connectivity index (χ1v) is 11.7. The molecular weight excluding hydrogens is 390 g/mol. The second-order valence-corrected chi connectivity index (χ2v) is 10.4. The summed E-state index contributed by atoms with van der Waals surface area (Å²) >= 11 is 0. The van der Waals surface area contributed by atoms with Crippen molar-refractivity contribution in [3.05, 3.63) is 35.8 Å². The highest BCUT2D eigenvalue weighted by Crippen LogP contribution is 2.84. The van der Waals surface area contributed by atoms with E-state index in [-0.39, 0.29) is 11.8 Å². The third-order valence-corrected chi connectivity index (χ3v) is 8.90. The molecule has 0 aliphatic heterocycles. The van der Waals surface area contributed by atoms with E-state index in [1.54, 1.807) is 7.05 Å². The van der Waals surface area contributed by atoms with Crippen molar-refractivity contribution in [2.24, 2.45) is 28.6 Å². The molecule has 7 nitrogen and oxygen atoms in total. The minimum absolute atomic E-state index is 0.0150. The van der Waals surface area contributed by atoms with Crippen LogP contribution in [0.15, 0.2) is 24.4 Å². The lowest BCUT2D eigenvalue weighted by atomic mass is 9.38. The first-order valence-electron chi connectivity index (χ1n) is 11.7. The number of rotatable bonds is 8. The van der Waals surface area contributed by atoms with Crippen LogP contribution >= 0.6 is 0 Å². The van der Waals surface area contributed by atoms with Gasteiger partial charge in [0.05, 0.1) is 12.2 Å². The molecule has 2 atom stereocenters. The number of fused-ring (bicyclic) bond motifs is 2. The van der Waals surface area contributed by atoms with Gasteiger partial charge in [-0.1, -0.05) is 6.07 Å². The number of amides is 2. The van der Waals surface area contributed by atoms with E-state index in [4.69, 9.17) is 0 Å². The lowest BCUT2D eigenvalue weighted by molar-refractivity contribution is -0.177. The van der Waals surface area contributed by atoms with Gasteiger partial charge in [-0.05, 0) is 79.9 Å². The smallest absolute Gasteiger partial charge is 0.268 e. The molecule has 2 aromatic heterocycles. The average molecular weight is 422 g/mol. The van der Waals surface area contributed by atoms with Crippen LogP contribution in [-0.4, -0.2) is 47.9 Å². The monoisotopic (exact) mass is 421 g/mol. The molecule has 2 unspecified atom stereocenters. The van der Waals surface area contributed by atoms with Crippen LogP contribution in [0.2, 0.25) is 0 Å². The van der Waals surface area contributed by atoms with Crippen molar-refractivity contribution in [1.82, 2.24) is 25.3 Å². The average Bonchev–Trinajstić information content (AvgIpc) is 3.37. The van der Waals surface area contributed by atoms with Crippen molar-refractivity contribution >= 4 is 17.5 Å². The zero-order valence-electron chi connectivity index (χ0n) is 18.1. The Bertz CT molecular complexity index is 1040. The van der Waals surface area contributed by atoms with Gasteiger partial charge in [0, 0.05) is 25.7 Å². The summed E-state index contributed by atoms with van der Waals surface area (Å²) in [5.74, 6) is 2.84. The number of pyridine rings is 1. The van der Waals surface area contributed by atoms with Crippen LogP contribution < -0.4 is 16.0 Å². The highest BCUT2D eigenvalue weighted by atomic mass is 16.2. The molecule has 3 N–H and O–H groups in total. The Kier molecular flexibility index (Phi) is 4.23. The number of hydrogen-bond donors (Lipinski definition) is 3. The maximum atomic E-state index is 13.1. The number of carbonyl (C=O) groups is 2. The van der Waals surface area contributed by atoms with Crippen molar-refractivity contribution in [1.29, 1.82) is 0 Å². The van der Waals surface area contributed by atoms with Gasteiger partial charge in [0.15, 0.2) is 0 Å². The van der Waals surface area contributed by atoms with Crippen LogP contribution in [-0.2, 0) is 11.2 Å². The van der Waals surface area contributed by atoms with Crippen LogP contribution in [0, 0.1) is 28.6 Å². The molecule has 2 bridgehead atoms. The Hall–Kier alpha value is -2.41. The molecule has 4 fully saturated rings.